The highest BCUT2D eigenvalue weighted by Crippen LogP contribution is 2.26. The number of nitrogens with one attached hydrogen (secondary N) is 2. The van der Waals surface area contributed by atoms with Gasteiger partial charge in [-0.1, -0.05) is 106 Å². The molecule has 296 valence electrons. The molecule has 1 saturated heterocycles. The van der Waals surface area contributed by atoms with E-state index in [0.29, 0.717) is 38.2 Å². The van der Waals surface area contributed by atoms with Crippen molar-refractivity contribution in [2.75, 3.05) is 32.0 Å². The lowest BCUT2D eigenvalue weighted by atomic mass is 9.87. The Morgan fingerprint density at radius 3 is 2.06 bits per heavy atom. The maximum atomic E-state index is 12.9. The summed E-state index contributed by atoms with van der Waals surface area (Å²) in [5.41, 5.74) is 1.69. The van der Waals surface area contributed by atoms with Crippen LogP contribution < -0.4 is 15.4 Å². The smallest absolute Gasteiger partial charge is 0.242 e. The molecule has 0 aliphatic carbocycles. The van der Waals surface area contributed by atoms with Crippen LogP contribution in [-0.4, -0.2) is 65.8 Å². The monoisotopic (exact) mass is 759 g/mol. The van der Waals surface area contributed by atoms with Gasteiger partial charge in [0.15, 0.2) is 0 Å². The fourth-order valence-corrected chi connectivity index (χ4v) is 6.58. The lowest BCUT2D eigenvalue weighted by molar-refractivity contribution is -0.138. The van der Waals surface area contributed by atoms with Gasteiger partial charge in [0.2, 0.25) is 23.6 Å². The average molecular weight is 760 g/mol. The van der Waals surface area contributed by atoms with Gasteiger partial charge in [-0.3, -0.25) is 24.1 Å². The number of ether oxygens (including phenoxy) is 1. The zero-order valence-corrected chi connectivity index (χ0v) is 34.3. The summed E-state index contributed by atoms with van der Waals surface area (Å²) in [5.74, 6) is 0.810. The van der Waals surface area contributed by atoms with E-state index in [0.717, 1.165) is 61.8 Å². The van der Waals surface area contributed by atoms with Gasteiger partial charge in [-0.15, -0.1) is 11.8 Å². The maximum absolute atomic E-state index is 12.9. The number of rotatable bonds is 27. The molecule has 8 nitrogen and oxygen atoms in total. The SMILES string of the molecule is CC/C=C\C/C=C\C/C=C\C/C=C\C/C=C\C/C=C\CCC(=O)NCCN1C(=O)CC(SCCNC(=O)C(C)(C)CCCOc2cc(C)ccc2C)C1=O. The first-order chi connectivity index (χ1) is 26.0. The minimum atomic E-state index is -0.552. The van der Waals surface area contributed by atoms with Gasteiger partial charge >= 0.3 is 0 Å². The number of imide groups is 1. The molecule has 1 aromatic carbocycles. The maximum Gasteiger partial charge on any atom is 0.242 e. The molecule has 1 heterocycles. The number of carbonyl (C=O) groups excluding carboxylic acids is 4. The van der Waals surface area contributed by atoms with Crippen LogP contribution in [-0.2, 0) is 19.2 Å². The molecule has 1 aliphatic rings. The summed E-state index contributed by atoms with van der Waals surface area (Å²) in [6, 6.07) is 6.13. The number of nitrogens with zero attached hydrogens (tertiary/aromatic N) is 1. The molecule has 9 heteroatoms. The number of amides is 4. The zero-order chi connectivity index (χ0) is 39.4. The summed E-state index contributed by atoms with van der Waals surface area (Å²) < 4.78 is 5.94. The topological polar surface area (TPSA) is 105 Å². The summed E-state index contributed by atoms with van der Waals surface area (Å²) in [6.45, 7) is 11.4. The van der Waals surface area contributed by atoms with Crippen molar-refractivity contribution in [1.29, 1.82) is 0 Å². The highest BCUT2D eigenvalue weighted by Gasteiger charge is 2.38. The summed E-state index contributed by atoms with van der Waals surface area (Å²) in [6.07, 6.45) is 34.1. The molecule has 0 aromatic heterocycles. The van der Waals surface area contributed by atoms with Crippen LogP contribution in [0.1, 0.15) is 103 Å². The van der Waals surface area contributed by atoms with Crippen molar-refractivity contribution >= 4 is 35.4 Å². The number of carbonyl (C=O) groups is 4. The van der Waals surface area contributed by atoms with E-state index in [4.69, 9.17) is 4.74 Å². The van der Waals surface area contributed by atoms with Gasteiger partial charge in [0, 0.05) is 43.6 Å². The number of hydrogen-bond acceptors (Lipinski definition) is 6. The number of benzene rings is 1. The standard InChI is InChI=1S/C45H65N3O5S/c1-6-7-8-9-10-11-12-13-14-15-16-17-18-19-20-21-22-23-24-26-41(49)46-30-32-48-42(50)36-40(43(48)51)54-34-31-47-44(52)45(4,5)29-25-33-53-39-35-37(2)27-28-38(39)3/h7-8,10-11,13-14,16-17,19-20,22-23,27-28,35,40H,6,9,12,15,18,21,24-26,29-34,36H2,1-5H3,(H,46,49)(H,47,52)/b8-7-,11-10-,14-13-,17-16-,20-19-,23-22-. The van der Waals surface area contributed by atoms with Gasteiger partial charge in [0.25, 0.3) is 0 Å². The lowest BCUT2D eigenvalue weighted by Gasteiger charge is -2.24. The van der Waals surface area contributed by atoms with Crippen LogP contribution in [0.5, 0.6) is 5.75 Å². The third-order valence-electron chi connectivity index (χ3n) is 8.86. The summed E-state index contributed by atoms with van der Waals surface area (Å²) >= 11 is 1.39. The van der Waals surface area contributed by atoms with Crippen molar-refractivity contribution in [3.8, 4) is 5.75 Å². The second kappa shape index (κ2) is 27.5. The molecule has 2 rings (SSSR count). The van der Waals surface area contributed by atoms with Crippen LogP contribution in [0.15, 0.2) is 91.1 Å². The van der Waals surface area contributed by atoms with Gasteiger partial charge in [0.05, 0.1) is 11.9 Å². The fraction of sp³-hybridized carbons (Fsp3) is 0.511. The highest BCUT2D eigenvalue weighted by atomic mass is 32.2. The largest absolute Gasteiger partial charge is 0.493 e. The Kier molecular flexibility index (Phi) is 23.4. The summed E-state index contributed by atoms with van der Waals surface area (Å²) in [7, 11) is 0. The van der Waals surface area contributed by atoms with Gasteiger partial charge in [-0.25, -0.2) is 0 Å². The molecular formula is C45H65N3O5S. The van der Waals surface area contributed by atoms with Crippen molar-refractivity contribution in [2.24, 2.45) is 5.41 Å². The summed E-state index contributed by atoms with van der Waals surface area (Å²) in [5, 5.41) is 5.34. The summed E-state index contributed by atoms with van der Waals surface area (Å²) in [4.78, 5) is 51.8. The van der Waals surface area contributed by atoms with Crippen molar-refractivity contribution in [3.63, 3.8) is 0 Å². The van der Waals surface area contributed by atoms with Crippen molar-refractivity contribution < 1.29 is 23.9 Å². The Bertz CT molecular complexity index is 1490. The quantitative estimate of drug-likeness (QED) is 0.0527. The third kappa shape index (κ3) is 19.8. The van der Waals surface area contributed by atoms with E-state index >= 15 is 0 Å². The minimum Gasteiger partial charge on any atom is -0.493 e. The van der Waals surface area contributed by atoms with E-state index in [9.17, 15) is 19.2 Å². The van der Waals surface area contributed by atoms with Gasteiger partial charge in [-0.2, -0.15) is 0 Å². The molecule has 1 unspecified atom stereocenters. The van der Waals surface area contributed by atoms with E-state index in [1.54, 1.807) is 0 Å². The Morgan fingerprint density at radius 1 is 0.852 bits per heavy atom. The van der Waals surface area contributed by atoms with Crippen molar-refractivity contribution in [1.82, 2.24) is 15.5 Å². The van der Waals surface area contributed by atoms with Gasteiger partial charge in [0.1, 0.15) is 5.75 Å². The van der Waals surface area contributed by atoms with Crippen LogP contribution >= 0.6 is 11.8 Å². The number of likely N-dealkylation sites (tertiary alicyclic amines) is 1. The lowest BCUT2D eigenvalue weighted by Crippen LogP contribution is -2.39. The Morgan fingerprint density at radius 2 is 1.44 bits per heavy atom. The van der Waals surface area contributed by atoms with Crippen LogP contribution in [0.25, 0.3) is 0 Å². The van der Waals surface area contributed by atoms with E-state index in [-0.39, 0.29) is 43.1 Å². The van der Waals surface area contributed by atoms with Crippen LogP contribution in [0.4, 0.5) is 0 Å². The second-order valence-corrected chi connectivity index (χ2v) is 15.4. The number of aryl methyl sites for hydroxylation is 2. The minimum absolute atomic E-state index is 0.0400. The predicted octanol–water partition coefficient (Wildman–Crippen LogP) is 9.06. The molecule has 0 saturated carbocycles. The van der Waals surface area contributed by atoms with Crippen LogP contribution in [0.3, 0.4) is 0 Å². The normalized spacial score (nSPS) is 15.4. The molecule has 0 spiro atoms. The van der Waals surface area contributed by atoms with Crippen molar-refractivity contribution in [2.45, 2.75) is 110 Å². The van der Waals surface area contributed by atoms with E-state index in [1.165, 1.54) is 16.7 Å². The molecule has 1 aliphatic heterocycles. The Hall–Kier alpha value is -4.11. The molecule has 54 heavy (non-hydrogen) atoms. The molecule has 0 bridgehead atoms. The molecule has 1 fully saturated rings. The molecule has 2 N–H and O–H groups in total. The number of hydrogen-bond donors (Lipinski definition) is 2. The molecule has 1 atom stereocenters. The van der Waals surface area contributed by atoms with Gasteiger partial charge in [-0.05, 0) is 88.8 Å². The second-order valence-electron chi connectivity index (χ2n) is 14.1. The zero-order valence-electron chi connectivity index (χ0n) is 33.4. The molecular weight excluding hydrogens is 695 g/mol. The number of allylic oxidation sites excluding steroid dienone is 12. The predicted molar refractivity (Wildman–Crippen MR) is 225 cm³/mol. The number of thioether (sulfide) groups is 1. The van der Waals surface area contributed by atoms with E-state index < -0.39 is 10.7 Å². The Balaban J connectivity index is 1.51. The molecule has 1 aromatic rings. The third-order valence-corrected chi connectivity index (χ3v) is 10.1. The van der Waals surface area contributed by atoms with Gasteiger partial charge < -0.3 is 15.4 Å². The average Bonchev–Trinajstić information content (AvgIpc) is 3.41. The molecule has 4 amide bonds. The highest BCUT2D eigenvalue weighted by molar-refractivity contribution is 8.00. The first kappa shape index (κ1) is 46.0. The van der Waals surface area contributed by atoms with Crippen LogP contribution in [0, 0.1) is 19.3 Å². The first-order valence-electron chi connectivity index (χ1n) is 19.7. The van der Waals surface area contributed by atoms with Crippen molar-refractivity contribution in [3.05, 3.63) is 102 Å². The van der Waals surface area contributed by atoms with E-state index in [1.807, 2.05) is 45.9 Å². The van der Waals surface area contributed by atoms with E-state index in [2.05, 4.69) is 90.5 Å². The fourth-order valence-electron chi connectivity index (χ4n) is 5.55. The van der Waals surface area contributed by atoms with Crippen LogP contribution in [0.2, 0.25) is 0 Å². The first-order valence-corrected chi connectivity index (χ1v) is 20.7. The Labute approximate surface area is 329 Å². The molecule has 0 radical (unpaired) electrons.